The van der Waals surface area contributed by atoms with Crippen LogP contribution in [0, 0.1) is 5.41 Å². The highest BCUT2D eigenvalue weighted by atomic mass is 16.7. The van der Waals surface area contributed by atoms with Crippen LogP contribution in [0.3, 0.4) is 0 Å². The first-order valence-electron chi connectivity index (χ1n) is 5.93. The molecule has 0 aliphatic heterocycles. The Morgan fingerprint density at radius 1 is 1.30 bits per heavy atom. The molecule has 0 saturated carbocycles. The number of aliphatic carboxylic acids is 2. The van der Waals surface area contributed by atoms with Gasteiger partial charge in [-0.05, 0) is 19.8 Å². The molecule has 0 saturated heterocycles. The molecule has 112 valence electrons. The molecule has 0 spiro atoms. The lowest BCUT2D eigenvalue weighted by Gasteiger charge is -2.23. The lowest BCUT2D eigenvalue weighted by Crippen LogP contribution is -2.28. The first-order chi connectivity index (χ1) is 9.23. The molecule has 7 nitrogen and oxygen atoms in total. The summed E-state index contributed by atoms with van der Waals surface area (Å²) in [5.74, 6) is -2.06. The second-order valence-corrected chi connectivity index (χ2v) is 4.37. The molecule has 0 amide bonds. The molecule has 1 unspecified atom stereocenters. The topological polar surface area (TPSA) is 121 Å². The first-order valence-corrected chi connectivity index (χ1v) is 5.93. The van der Waals surface area contributed by atoms with Gasteiger partial charge in [-0.1, -0.05) is 25.2 Å². The molecule has 0 radical (unpaired) electrons. The molecular weight excluding hydrogens is 268 g/mol. The molecule has 1 aliphatic rings. The van der Waals surface area contributed by atoms with E-state index in [2.05, 4.69) is 4.74 Å². The molecule has 0 aromatic heterocycles. The Hall–Kier alpha value is -2.31. The molecule has 1 atom stereocenters. The summed E-state index contributed by atoms with van der Waals surface area (Å²) in [4.78, 5) is 30.9. The second-order valence-electron chi connectivity index (χ2n) is 4.37. The van der Waals surface area contributed by atoms with Crippen molar-refractivity contribution in [3.63, 3.8) is 0 Å². The fourth-order valence-electron chi connectivity index (χ4n) is 1.37. The Labute approximate surface area is 116 Å². The molecule has 0 aromatic carbocycles. The molecule has 20 heavy (non-hydrogen) atoms. The van der Waals surface area contributed by atoms with Gasteiger partial charge in [0.2, 0.25) is 0 Å². The zero-order valence-electron chi connectivity index (χ0n) is 11.3. The summed E-state index contributed by atoms with van der Waals surface area (Å²) >= 11 is 0. The van der Waals surface area contributed by atoms with Crippen LogP contribution in [0.2, 0.25) is 0 Å². The third-order valence-electron chi connectivity index (χ3n) is 2.51. The summed E-state index contributed by atoms with van der Waals surface area (Å²) in [5.41, 5.74) is -0.949. The standard InChI is InChI=1S/C9H10O4.C4H8O3/c1-9(8(12)13)4-2-3-6(5-9)7(10)11;1-2-3-7-4(5)6/h2-4H,5H2,1H3,(H,10,11)(H,12,13);2-3H2,1H3,(H,5,6). The van der Waals surface area contributed by atoms with Gasteiger partial charge in [0.15, 0.2) is 0 Å². The lowest BCUT2D eigenvalue weighted by atomic mass is 9.80. The fourth-order valence-corrected chi connectivity index (χ4v) is 1.37. The van der Waals surface area contributed by atoms with Crippen LogP contribution in [0.1, 0.15) is 26.7 Å². The van der Waals surface area contributed by atoms with Gasteiger partial charge in [0, 0.05) is 5.57 Å². The highest BCUT2D eigenvalue weighted by Crippen LogP contribution is 2.31. The van der Waals surface area contributed by atoms with Crippen LogP contribution in [0.25, 0.3) is 0 Å². The predicted octanol–water partition coefficient (Wildman–Crippen LogP) is 2.14. The number of hydrogen-bond donors (Lipinski definition) is 3. The average molecular weight is 286 g/mol. The molecule has 0 aromatic rings. The van der Waals surface area contributed by atoms with Crippen molar-refractivity contribution in [3.8, 4) is 0 Å². The van der Waals surface area contributed by atoms with Crippen LogP contribution in [0.5, 0.6) is 0 Å². The second kappa shape index (κ2) is 7.98. The monoisotopic (exact) mass is 286 g/mol. The van der Waals surface area contributed by atoms with Gasteiger partial charge in [-0.3, -0.25) is 4.79 Å². The maximum atomic E-state index is 10.8. The van der Waals surface area contributed by atoms with E-state index in [-0.39, 0.29) is 12.0 Å². The Balaban J connectivity index is 0.000000441. The van der Waals surface area contributed by atoms with Crippen molar-refractivity contribution < 1.29 is 34.4 Å². The van der Waals surface area contributed by atoms with E-state index in [1.54, 1.807) is 0 Å². The summed E-state index contributed by atoms with van der Waals surface area (Å²) < 4.78 is 4.11. The van der Waals surface area contributed by atoms with E-state index >= 15 is 0 Å². The zero-order chi connectivity index (χ0) is 15.8. The molecule has 1 rings (SSSR count). The number of ether oxygens (including phenoxy) is 1. The Morgan fingerprint density at radius 2 is 1.90 bits per heavy atom. The van der Waals surface area contributed by atoms with E-state index in [1.165, 1.54) is 25.2 Å². The average Bonchev–Trinajstić information content (AvgIpc) is 2.37. The summed E-state index contributed by atoms with van der Waals surface area (Å²) in [6.45, 7) is 3.65. The van der Waals surface area contributed by atoms with E-state index < -0.39 is 23.5 Å². The predicted molar refractivity (Wildman–Crippen MR) is 69.5 cm³/mol. The van der Waals surface area contributed by atoms with Crippen molar-refractivity contribution in [1.29, 1.82) is 0 Å². The molecule has 7 heteroatoms. The van der Waals surface area contributed by atoms with Crippen molar-refractivity contribution >= 4 is 18.1 Å². The number of carbonyl (C=O) groups is 3. The summed E-state index contributed by atoms with van der Waals surface area (Å²) in [7, 11) is 0. The van der Waals surface area contributed by atoms with Gasteiger partial charge >= 0.3 is 18.1 Å². The third kappa shape index (κ3) is 6.03. The minimum absolute atomic E-state index is 0.0359. The van der Waals surface area contributed by atoms with Crippen LogP contribution in [0.4, 0.5) is 4.79 Å². The Morgan fingerprint density at radius 3 is 2.25 bits per heavy atom. The molecular formula is C13H18O7. The number of allylic oxidation sites excluding steroid dienone is 2. The van der Waals surface area contributed by atoms with Gasteiger partial charge in [-0.25, -0.2) is 9.59 Å². The lowest BCUT2D eigenvalue weighted by molar-refractivity contribution is -0.145. The van der Waals surface area contributed by atoms with E-state index in [0.717, 1.165) is 6.42 Å². The van der Waals surface area contributed by atoms with Crippen LogP contribution in [-0.2, 0) is 14.3 Å². The van der Waals surface area contributed by atoms with Gasteiger partial charge in [0.25, 0.3) is 0 Å². The van der Waals surface area contributed by atoms with Crippen molar-refractivity contribution in [2.45, 2.75) is 26.7 Å². The molecule has 1 aliphatic carbocycles. The zero-order valence-corrected chi connectivity index (χ0v) is 11.3. The van der Waals surface area contributed by atoms with Gasteiger partial charge < -0.3 is 20.1 Å². The highest BCUT2D eigenvalue weighted by Gasteiger charge is 2.34. The maximum Gasteiger partial charge on any atom is 0.505 e. The third-order valence-corrected chi connectivity index (χ3v) is 2.51. The van der Waals surface area contributed by atoms with Gasteiger partial charge in [-0.2, -0.15) is 0 Å². The van der Waals surface area contributed by atoms with E-state index in [0.29, 0.717) is 6.61 Å². The van der Waals surface area contributed by atoms with Crippen molar-refractivity contribution in [3.05, 3.63) is 23.8 Å². The van der Waals surface area contributed by atoms with Crippen LogP contribution in [-0.4, -0.2) is 40.0 Å². The summed E-state index contributed by atoms with van der Waals surface area (Å²) in [6.07, 6.45) is 3.98. The van der Waals surface area contributed by atoms with Gasteiger partial charge in [0.1, 0.15) is 0 Å². The number of carboxylic acid groups (broad SMARTS) is 3. The summed E-state index contributed by atoms with van der Waals surface area (Å²) in [6, 6.07) is 0. The van der Waals surface area contributed by atoms with Crippen molar-refractivity contribution in [2.24, 2.45) is 5.41 Å². The molecule has 0 heterocycles. The molecule has 0 bridgehead atoms. The number of rotatable bonds is 4. The first kappa shape index (κ1) is 17.7. The van der Waals surface area contributed by atoms with Crippen LogP contribution in [0.15, 0.2) is 23.8 Å². The van der Waals surface area contributed by atoms with Gasteiger partial charge in [0.05, 0.1) is 12.0 Å². The van der Waals surface area contributed by atoms with Crippen molar-refractivity contribution in [1.82, 2.24) is 0 Å². The minimum atomic E-state index is -1.19. The Kier molecular flexibility index (Phi) is 7.06. The SMILES string of the molecule is CC1(C(=O)O)C=CC=C(C(=O)O)C1.CCCOC(=O)O. The maximum absolute atomic E-state index is 10.8. The number of hydrogen-bond acceptors (Lipinski definition) is 4. The largest absolute Gasteiger partial charge is 0.505 e. The smallest absolute Gasteiger partial charge is 0.481 e. The molecule has 0 fully saturated rings. The minimum Gasteiger partial charge on any atom is -0.481 e. The van der Waals surface area contributed by atoms with Crippen molar-refractivity contribution in [2.75, 3.05) is 6.61 Å². The van der Waals surface area contributed by atoms with E-state index in [9.17, 15) is 14.4 Å². The molecule has 3 N–H and O–H groups in total. The quantitative estimate of drug-likeness (QED) is 0.677. The van der Waals surface area contributed by atoms with Crippen LogP contribution < -0.4 is 0 Å². The van der Waals surface area contributed by atoms with E-state index in [4.69, 9.17) is 15.3 Å². The normalized spacial score (nSPS) is 20.2. The van der Waals surface area contributed by atoms with E-state index in [1.807, 2.05) is 6.92 Å². The summed E-state index contributed by atoms with van der Waals surface area (Å²) in [5, 5.41) is 25.3. The van der Waals surface area contributed by atoms with Gasteiger partial charge in [-0.15, -0.1) is 0 Å². The highest BCUT2D eigenvalue weighted by molar-refractivity contribution is 5.90. The Bertz CT molecular complexity index is 436. The number of carboxylic acids is 2. The fraction of sp³-hybridized carbons (Fsp3) is 0.462. The van der Waals surface area contributed by atoms with Crippen LogP contribution >= 0.6 is 0 Å².